The van der Waals surface area contributed by atoms with Crippen LogP contribution in [0.15, 0.2) is 30.3 Å². The van der Waals surface area contributed by atoms with Gasteiger partial charge < -0.3 is 20.5 Å². The van der Waals surface area contributed by atoms with Crippen molar-refractivity contribution in [2.45, 2.75) is 25.1 Å². The van der Waals surface area contributed by atoms with Gasteiger partial charge in [-0.05, 0) is 12.5 Å². The molecule has 7 nitrogen and oxygen atoms in total. The normalized spacial score (nSPS) is 12.9. The Balaban J connectivity index is 2.36. The van der Waals surface area contributed by atoms with E-state index in [1.165, 1.54) is 6.92 Å². The van der Waals surface area contributed by atoms with Crippen LogP contribution in [0.3, 0.4) is 0 Å². The van der Waals surface area contributed by atoms with Crippen LogP contribution in [-0.2, 0) is 20.9 Å². The standard InChI is InChI=1S/C13H15ClN2O5/c1-8(11(17)16-10(14)12(18)19)15-13(20)21-7-9-5-3-2-4-6-9/h2-6,8,10H,7H2,1H3,(H,15,20)(H,16,17)(H,18,19)/t8-,10?/m0/s1. The van der Waals surface area contributed by atoms with Gasteiger partial charge in [-0.25, -0.2) is 9.59 Å². The number of carbonyl (C=O) groups is 3. The average Bonchev–Trinajstić information content (AvgIpc) is 2.45. The van der Waals surface area contributed by atoms with E-state index in [-0.39, 0.29) is 6.61 Å². The molecular formula is C13H15ClN2O5. The number of ether oxygens (including phenoxy) is 1. The maximum absolute atomic E-state index is 11.5. The molecule has 0 radical (unpaired) electrons. The van der Waals surface area contributed by atoms with Crippen LogP contribution in [0.2, 0.25) is 0 Å². The van der Waals surface area contributed by atoms with E-state index in [4.69, 9.17) is 21.4 Å². The SMILES string of the molecule is C[C@H](NC(=O)OCc1ccccc1)C(=O)NC(Cl)C(=O)O. The Bertz CT molecular complexity index is 509. The van der Waals surface area contributed by atoms with Crippen LogP contribution in [-0.4, -0.2) is 34.6 Å². The number of carboxylic acid groups (broad SMARTS) is 1. The fourth-order valence-electron chi connectivity index (χ4n) is 1.32. The summed E-state index contributed by atoms with van der Waals surface area (Å²) in [5.41, 5.74) is -0.751. The van der Waals surface area contributed by atoms with Crippen molar-refractivity contribution in [1.82, 2.24) is 10.6 Å². The van der Waals surface area contributed by atoms with Gasteiger partial charge in [-0.1, -0.05) is 41.9 Å². The van der Waals surface area contributed by atoms with Gasteiger partial charge in [0.05, 0.1) is 0 Å². The van der Waals surface area contributed by atoms with Crippen molar-refractivity contribution >= 4 is 29.6 Å². The molecule has 0 aliphatic heterocycles. The van der Waals surface area contributed by atoms with Gasteiger partial charge in [-0.2, -0.15) is 0 Å². The third-order valence-corrected chi connectivity index (χ3v) is 2.72. The second-order valence-corrected chi connectivity index (χ2v) is 4.57. The molecule has 0 saturated heterocycles. The lowest BCUT2D eigenvalue weighted by molar-refractivity contribution is -0.139. The van der Waals surface area contributed by atoms with E-state index in [1.54, 1.807) is 24.3 Å². The largest absolute Gasteiger partial charge is 0.479 e. The van der Waals surface area contributed by atoms with Gasteiger partial charge in [0, 0.05) is 0 Å². The highest BCUT2D eigenvalue weighted by Gasteiger charge is 2.22. The number of halogens is 1. The molecule has 0 spiro atoms. The van der Waals surface area contributed by atoms with Crippen LogP contribution in [0.4, 0.5) is 4.79 Å². The van der Waals surface area contributed by atoms with Crippen molar-refractivity contribution in [2.75, 3.05) is 0 Å². The van der Waals surface area contributed by atoms with Crippen molar-refractivity contribution in [1.29, 1.82) is 0 Å². The Hall–Kier alpha value is -2.28. The molecule has 1 aromatic rings. The highest BCUT2D eigenvalue weighted by Crippen LogP contribution is 2.01. The van der Waals surface area contributed by atoms with Gasteiger partial charge in [0.1, 0.15) is 12.6 Å². The number of carboxylic acids is 1. The molecule has 0 aromatic heterocycles. The molecule has 0 bridgehead atoms. The molecule has 3 N–H and O–H groups in total. The van der Waals surface area contributed by atoms with Crippen LogP contribution in [0.25, 0.3) is 0 Å². The summed E-state index contributed by atoms with van der Waals surface area (Å²) in [6.07, 6.45) is -0.789. The first-order valence-corrected chi connectivity index (χ1v) is 6.48. The maximum Gasteiger partial charge on any atom is 0.408 e. The molecule has 8 heteroatoms. The molecule has 2 amide bonds. The third kappa shape index (κ3) is 6.13. The summed E-state index contributed by atoms with van der Waals surface area (Å²) >= 11 is 5.36. The van der Waals surface area contributed by atoms with Crippen molar-refractivity contribution in [3.05, 3.63) is 35.9 Å². The summed E-state index contributed by atoms with van der Waals surface area (Å²) in [6, 6.07) is 8.04. The lowest BCUT2D eigenvalue weighted by Crippen LogP contribution is -2.48. The predicted octanol–water partition coefficient (Wildman–Crippen LogP) is 1.07. The second-order valence-electron chi connectivity index (χ2n) is 4.14. The number of alkyl halides is 1. The molecule has 1 aromatic carbocycles. The number of hydrogen-bond acceptors (Lipinski definition) is 4. The highest BCUT2D eigenvalue weighted by atomic mass is 35.5. The number of hydrogen-bond donors (Lipinski definition) is 3. The number of rotatable bonds is 6. The Morgan fingerprint density at radius 3 is 2.43 bits per heavy atom. The van der Waals surface area contributed by atoms with Gasteiger partial charge in [0.2, 0.25) is 11.4 Å². The van der Waals surface area contributed by atoms with E-state index in [1.807, 2.05) is 11.4 Å². The first-order valence-electron chi connectivity index (χ1n) is 6.04. The Labute approximate surface area is 126 Å². The van der Waals surface area contributed by atoms with Crippen LogP contribution in [0, 0.1) is 0 Å². The first kappa shape index (κ1) is 16.8. The van der Waals surface area contributed by atoms with Crippen molar-refractivity contribution in [3.63, 3.8) is 0 Å². The smallest absolute Gasteiger partial charge is 0.408 e. The zero-order chi connectivity index (χ0) is 15.8. The van der Waals surface area contributed by atoms with Crippen molar-refractivity contribution < 1.29 is 24.2 Å². The molecular weight excluding hydrogens is 300 g/mol. The minimum Gasteiger partial charge on any atom is -0.479 e. The molecule has 0 aliphatic rings. The summed E-state index contributed by atoms with van der Waals surface area (Å²) in [5, 5.41) is 12.8. The van der Waals surface area contributed by atoms with E-state index in [0.717, 1.165) is 5.56 Å². The fraction of sp³-hybridized carbons (Fsp3) is 0.308. The Morgan fingerprint density at radius 2 is 1.86 bits per heavy atom. The van der Waals surface area contributed by atoms with E-state index in [0.29, 0.717) is 0 Å². The molecule has 1 rings (SSSR count). The molecule has 0 aliphatic carbocycles. The Kier molecular flexibility index (Phi) is 6.48. The third-order valence-electron chi connectivity index (χ3n) is 2.43. The number of alkyl carbamates (subject to hydrolysis) is 1. The van der Waals surface area contributed by atoms with Gasteiger partial charge in [-0.3, -0.25) is 4.79 Å². The first-order chi connectivity index (χ1) is 9.90. The Morgan fingerprint density at radius 1 is 1.24 bits per heavy atom. The minimum atomic E-state index is -1.55. The van der Waals surface area contributed by atoms with Gasteiger partial charge in [0.15, 0.2) is 0 Å². The number of carbonyl (C=O) groups excluding carboxylic acids is 2. The minimum absolute atomic E-state index is 0.0638. The summed E-state index contributed by atoms with van der Waals surface area (Å²) in [5.74, 6) is -2.11. The average molecular weight is 315 g/mol. The summed E-state index contributed by atoms with van der Waals surface area (Å²) < 4.78 is 4.92. The highest BCUT2D eigenvalue weighted by molar-refractivity contribution is 6.30. The van der Waals surface area contributed by atoms with Crippen molar-refractivity contribution in [3.8, 4) is 0 Å². The zero-order valence-electron chi connectivity index (χ0n) is 11.2. The van der Waals surface area contributed by atoms with Gasteiger partial charge in [-0.15, -0.1) is 0 Å². The molecule has 0 saturated carbocycles. The molecule has 2 atom stereocenters. The topological polar surface area (TPSA) is 105 Å². The van der Waals surface area contributed by atoms with Crippen LogP contribution in [0.1, 0.15) is 12.5 Å². The van der Waals surface area contributed by atoms with Crippen LogP contribution >= 0.6 is 11.6 Å². The maximum atomic E-state index is 11.5. The lowest BCUT2D eigenvalue weighted by atomic mass is 10.2. The number of benzene rings is 1. The van der Waals surface area contributed by atoms with E-state index in [2.05, 4.69) is 5.32 Å². The summed E-state index contributed by atoms with van der Waals surface area (Å²) in [4.78, 5) is 33.5. The summed E-state index contributed by atoms with van der Waals surface area (Å²) in [7, 11) is 0. The van der Waals surface area contributed by atoms with Crippen LogP contribution in [0.5, 0.6) is 0 Å². The number of amides is 2. The molecule has 1 unspecified atom stereocenters. The van der Waals surface area contributed by atoms with Gasteiger partial charge in [0.25, 0.3) is 0 Å². The summed E-state index contributed by atoms with van der Waals surface area (Å²) in [6.45, 7) is 1.44. The lowest BCUT2D eigenvalue weighted by Gasteiger charge is -2.15. The monoisotopic (exact) mass is 314 g/mol. The molecule has 114 valence electrons. The van der Waals surface area contributed by atoms with E-state index in [9.17, 15) is 14.4 Å². The second kappa shape index (κ2) is 8.11. The van der Waals surface area contributed by atoms with Crippen LogP contribution < -0.4 is 10.6 Å². The van der Waals surface area contributed by atoms with Crippen molar-refractivity contribution in [2.24, 2.45) is 0 Å². The van der Waals surface area contributed by atoms with E-state index < -0.39 is 29.5 Å². The zero-order valence-corrected chi connectivity index (χ0v) is 12.0. The fourth-order valence-corrected chi connectivity index (χ4v) is 1.43. The number of nitrogens with one attached hydrogen (secondary N) is 2. The quantitative estimate of drug-likeness (QED) is 0.538. The predicted molar refractivity (Wildman–Crippen MR) is 74.6 cm³/mol. The molecule has 21 heavy (non-hydrogen) atoms. The molecule has 0 heterocycles. The number of aliphatic carboxylic acids is 1. The molecule has 0 fully saturated rings. The van der Waals surface area contributed by atoms with Gasteiger partial charge >= 0.3 is 12.1 Å². The van der Waals surface area contributed by atoms with E-state index >= 15 is 0 Å².